The number of carbonyl (C=O) groups is 2. The lowest BCUT2D eigenvalue weighted by molar-refractivity contribution is -0.132. The molecule has 5 rings (SSSR count). The molecule has 1 aromatic heterocycles. The molecule has 1 N–H and O–H groups in total. The Hall–Kier alpha value is -4.28. The molecule has 2 fully saturated rings. The van der Waals surface area contributed by atoms with Crippen molar-refractivity contribution >= 4 is 34.7 Å². The van der Waals surface area contributed by atoms with Gasteiger partial charge in [-0.05, 0) is 62.8 Å². The molecule has 0 amide bonds. The number of benzene rings is 2. The van der Waals surface area contributed by atoms with E-state index in [1.54, 1.807) is 39.3 Å². The summed E-state index contributed by atoms with van der Waals surface area (Å²) in [5.41, 5.74) is 1.41. The van der Waals surface area contributed by atoms with Crippen molar-refractivity contribution in [1.29, 1.82) is 0 Å². The number of piperidine rings is 1. The van der Waals surface area contributed by atoms with Gasteiger partial charge in [-0.2, -0.15) is 0 Å². The summed E-state index contributed by atoms with van der Waals surface area (Å²) >= 11 is 0. The lowest BCUT2D eigenvalue weighted by Crippen LogP contribution is -2.36. The van der Waals surface area contributed by atoms with Crippen LogP contribution in [0.1, 0.15) is 49.0 Å². The second kappa shape index (κ2) is 12.3. The van der Waals surface area contributed by atoms with Gasteiger partial charge in [-0.15, -0.1) is 0 Å². The number of fused-ring (bicyclic) bond motifs is 1. The molecule has 10 nitrogen and oxygen atoms in total. The number of pyridine rings is 1. The molecule has 2 heterocycles. The Bertz CT molecular complexity index is 1530. The predicted octanol–water partition coefficient (Wildman–Crippen LogP) is 4.48. The second-order valence-corrected chi connectivity index (χ2v) is 11.1. The molecular formula is C31H36FN3O7. The molecule has 1 aliphatic heterocycles. The SMILES string of the molecule is COc1c(N2CCC(COc3ccc(N(C)CC(C)OC=O)cc3F)CC2)ccc2c(=O)c(C(=O)O)cn(C3CC3)c12. The van der Waals surface area contributed by atoms with E-state index in [4.69, 9.17) is 14.2 Å². The molecule has 1 atom stereocenters. The molecule has 224 valence electrons. The Balaban J connectivity index is 1.25. The molecule has 2 aromatic carbocycles. The second-order valence-electron chi connectivity index (χ2n) is 11.1. The number of ether oxygens (including phenoxy) is 3. The molecule has 1 aliphatic carbocycles. The quantitative estimate of drug-likeness (QED) is 0.310. The highest BCUT2D eigenvalue weighted by Gasteiger charge is 2.30. The van der Waals surface area contributed by atoms with E-state index in [1.165, 1.54) is 12.3 Å². The number of anilines is 2. The van der Waals surface area contributed by atoms with Crippen LogP contribution < -0.4 is 24.7 Å². The summed E-state index contributed by atoms with van der Waals surface area (Å²) in [5, 5.41) is 9.91. The van der Waals surface area contributed by atoms with Gasteiger partial charge in [-0.25, -0.2) is 9.18 Å². The average molecular weight is 582 g/mol. The number of nitrogens with zero attached hydrogens (tertiary/aromatic N) is 3. The number of likely N-dealkylation sites (N-methyl/N-ethyl adjacent to an activating group) is 1. The van der Waals surface area contributed by atoms with Gasteiger partial charge in [0, 0.05) is 44.1 Å². The van der Waals surface area contributed by atoms with Crippen LogP contribution >= 0.6 is 0 Å². The van der Waals surface area contributed by atoms with Crippen LogP contribution in [0.5, 0.6) is 11.5 Å². The third-order valence-corrected chi connectivity index (χ3v) is 8.11. The standard InChI is InChI=1S/C31H36FN3O7/c1-19(42-18-36)15-33(2)22-6-9-27(25(32)14-22)41-17-20-10-12-34(13-11-20)26-8-7-23-28(30(26)40-3)35(21-4-5-21)16-24(29(23)37)31(38)39/h6-9,14,16,18-21H,4-5,10-13,15,17H2,1-3H3,(H,38,39). The number of rotatable bonds is 12. The van der Waals surface area contributed by atoms with Gasteiger partial charge in [0.1, 0.15) is 11.7 Å². The van der Waals surface area contributed by atoms with E-state index in [-0.39, 0.29) is 29.4 Å². The molecular weight excluding hydrogens is 545 g/mol. The Morgan fingerprint density at radius 1 is 1.19 bits per heavy atom. The van der Waals surface area contributed by atoms with Crippen molar-refractivity contribution in [2.75, 3.05) is 50.2 Å². The van der Waals surface area contributed by atoms with Gasteiger partial charge in [-0.3, -0.25) is 9.59 Å². The van der Waals surface area contributed by atoms with Gasteiger partial charge in [0.25, 0.3) is 6.47 Å². The largest absolute Gasteiger partial charge is 0.492 e. The van der Waals surface area contributed by atoms with E-state index in [9.17, 15) is 23.9 Å². The molecule has 0 bridgehead atoms. The van der Waals surface area contributed by atoms with Crippen LogP contribution in [0.15, 0.2) is 41.3 Å². The van der Waals surface area contributed by atoms with Crippen LogP contribution in [-0.2, 0) is 9.53 Å². The number of carboxylic acid groups (broad SMARTS) is 1. The summed E-state index contributed by atoms with van der Waals surface area (Å²) in [6.45, 7) is 4.45. The normalized spacial score (nSPS) is 16.2. The van der Waals surface area contributed by atoms with E-state index in [2.05, 4.69) is 4.90 Å². The minimum Gasteiger partial charge on any atom is -0.492 e. The number of halogens is 1. The van der Waals surface area contributed by atoms with Crippen molar-refractivity contribution in [2.45, 2.75) is 44.8 Å². The van der Waals surface area contributed by atoms with Crippen LogP contribution in [0.4, 0.5) is 15.8 Å². The van der Waals surface area contributed by atoms with Gasteiger partial charge in [0.15, 0.2) is 17.3 Å². The highest BCUT2D eigenvalue weighted by atomic mass is 19.1. The summed E-state index contributed by atoms with van der Waals surface area (Å²) in [7, 11) is 3.37. The van der Waals surface area contributed by atoms with Crippen molar-refractivity contribution in [2.24, 2.45) is 5.92 Å². The summed E-state index contributed by atoms with van der Waals surface area (Å²) in [6, 6.07) is 8.50. The fraction of sp³-hybridized carbons (Fsp3) is 0.452. The maximum atomic E-state index is 14.8. The monoisotopic (exact) mass is 581 g/mol. The first-order chi connectivity index (χ1) is 20.2. The van der Waals surface area contributed by atoms with Crippen LogP contribution in [0.3, 0.4) is 0 Å². The molecule has 1 unspecified atom stereocenters. The molecule has 1 saturated heterocycles. The third kappa shape index (κ3) is 6.00. The first-order valence-corrected chi connectivity index (χ1v) is 14.2. The van der Waals surface area contributed by atoms with Crippen LogP contribution in [0.25, 0.3) is 10.9 Å². The molecule has 11 heteroatoms. The van der Waals surface area contributed by atoms with E-state index in [0.717, 1.165) is 44.5 Å². The average Bonchev–Trinajstić information content (AvgIpc) is 3.82. The number of methoxy groups -OCH3 is 1. The van der Waals surface area contributed by atoms with Crippen LogP contribution in [-0.4, -0.2) is 68.6 Å². The van der Waals surface area contributed by atoms with Gasteiger partial charge in [-0.1, -0.05) is 0 Å². The first kappa shape index (κ1) is 29.2. The van der Waals surface area contributed by atoms with Crippen molar-refractivity contribution in [3.63, 3.8) is 0 Å². The third-order valence-electron chi connectivity index (χ3n) is 8.11. The number of carbonyl (C=O) groups excluding carboxylic acids is 1. The van der Waals surface area contributed by atoms with Gasteiger partial charge in [0.2, 0.25) is 5.43 Å². The highest BCUT2D eigenvalue weighted by molar-refractivity contribution is 5.97. The van der Waals surface area contributed by atoms with E-state index in [1.807, 2.05) is 15.5 Å². The Morgan fingerprint density at radius 3 is 2.55 bits per heavy atom. The zero-order valence-corrected chi connectivity index (χ0v) is 24.0. The summed E-state index contributed by atoms with van der Waals surface area (Å²) in [5.74, 6) is -0.681. The lowest BCUT2D eigenvalue weighted by atomic mass is 9.97. The van der Waals surface area contributed by atoms with Crippen molar-refractivity contribution in [3.05, 3.63) is 58.1 Å². The minimum atomic E-state index is -1.23. The number of hydrogen-bond acceptors (Lipinski definition) is 8. The minimum absolute atomic E-state index is 0.146. The maximum absolute atomic E-state index is 14.8. The molecule has 0 radical (unpaired) electrons. The number of carboxylic acids is 1. The Labute approximate surface area is 243 Å². The van der Waals surface area contributed by atoms with Gasteiger partial charge < -0.3 is 33.7 Å². The fourth-order valence-corrected chi connectivity index (χ4v) is 5.67. The lowest BCUT2D eigenvalue weighted by Gasteiger charge is -2.34. The Morgan fingerprint density at radius 2 is 1.93 bits per heavy atom. The fourth-order valence-electron chi connectivity index (χ4n) is 5.67. The predicted molar refractivity (Wildman–Crippen MR) is 157 cm³/mol. The van der Waals surface area contributed by atoms with Gasteiger partial charge >= 0.3 is 5.97 Å². The van der Waals surface area contributed by atoms with Crippen molar-refractivity contribution in [3.8, 4) is 11.5 Å². The van der Waals surface area contributed by atoms with Crippen LogP contribution in [0, 0.1) is 11.7 Å². The molecule has 1 saturated carbocycles. The zero-order chi connectivity index (χ0) is 30.0. The van der Waals surface area contributed by atoms with Crippen LogP contribution in [0.2, 0.25) is 0 Å². The summed E-state index contributed by atoms with van der Waals surface area (Å²) < 4.78 is 33.3. The Kier molecular flexibility index (Phi) is 8.56. The maximum Gasteiger partial charge on any atom is 0.341 e. The number of aromatic carboxylic acids is 1. The van der Waals surface area contributed by atoms with E-state index in [0.29, 0.717) is 42.0 Å². The molecule has 42 heavy (non-hydrogen) atoms. The van der Waals surface area contributed by atoms with Crippen molar-refractivity contribution in [1.82, 2.24) is 4.57 Å². The molecule has 3 aromatic rings. The van der Waals surface area contributed by atoms with E-state index >= 15 is 0 Å². The first-order valence-electron chi connectivity index (χ1n) is 14.2. The van der Waals surface area contributed by atoms with Crippen molar-refractivity contribution < 1.29 is 33.3 Å². The smallest absolute Gasteiger partial charge is 0.341 e. The topological polar surface area (TPSA) is 111 Å². The zero-order valence-electron chi connectivity index (χ0n) is 24.0. The molecule has 2 aliphatic rings. The molecule has 0 spiro atoms. The highest BCUT2D eigenvalue weighted by Crippen LogP contribution is 2.43. The number of aromatic nitrogens is 1. The number of hydrogen-bond donors (Lipinski definition) is 1. The summed E-state index contributed by atoms with van der Waals surface area (Å²) in [4.78, 5) is 39.2. The summed E-state index contributed by atoms with van der Waals surface area (Å²) in [6.07, 6.45) is 4.63. The van der Waals surface area contributed by atoms with E-state index < -0.39 is 17.2 Å². The van der Waals surface area contributed by atoms with Gasteiger partial charge in [0.05, 0.1) is 36.9 Å².